The number of hydrogen-bond donors (Lipinski definition) is 0. The average Bonchev–Trinajstić information content (AvgIpc) is 2.37. The summed E-state index contributed by atoms with van der Waals surface area (Å²) in [6, 6.07) is 21.5. The number of hydrogen-bond acceptors (Lipinski definition) is 0. The summed E-state index contributed by atoms with van der Waals surface area (Å²) in [6.07, 6.45) is 4.96. The molecule has 0 saturated heterocycles. The van der Waals surface area contributed by atoms with Crippen molar-refractivity contribution in [1.82, 2.24) is 0 Å². The monoisotopic (exact) mass is 226 g/mol. The van der Waals surface area contributed by atoms with Crippen LogP contribution >= 0.6 is 0 Å². The predicted molar refractivity (Wildman–Crippen MR) is 76.3 cm³/mol. The lowest BCUT2D eigenvalue weighted by Gasteiger charge is -2.02. The standard InChI is InChI=1S/C16H18.CH4/c1-3-9-15(10-4-1)13-7-8-14-16-11-5-2-6-12-16;/h1-6,9-12H,7-8,13-14H2;1H4. The van der Waals surface area contributed by atoms with Crippen molar-refractivity contribution in [3.05, 3.63) is 71.8 Å². The molecule has 0 spiro atoms. The van der Waals surface area contributed by atoms with Crippen LogP contribution in [-0.2, 0) is 12.8 Å². The van der Waals surface area contributed by atoms with E-state index >= 15 is 0 Å². The molecule has 2 rings (SSSR count). The Hall–Kier alpha value is -1.56. The summed E-state index contributed by atoms with van der Waals surface area (Å²) in [5.74, 6) is 0. The number of rotatable bonds is 5. The number of aryl methyl sites for hydroxylation is 2. The lowest BCUT2D eigenvalue weighted by Crippen LogP contribution is -1.88. The van der Waals surface area contributed by atoms with Crippen LogP contribution < -0.4 is 0 Å². The van der Waals surface area contributed by atoms with Gasteiger partial charge in [0.05, 0.1) is 0 Å². The van der Waals surface area contributed by atoms with Crippen molar-refractivity contribution in [2.45, 2.75) is 33.1 Å². The van der Waals surface area contributed by atoms with E-state index in [2.05, 4.69) is 60.7 Å². The van der Waals surface area contributed by atoms with Crippen LogP contribution in [0.2, 0.25) is 0 Å². The summed E-state index contributed by atoms with van der Waals surface area (Å²) in [5.41, 5.74) is 2.91. The smallest absolute Gasteiger partial charge is 0.0279 e. The molecule has 0 bridgehead atoms. The molecule has 17 heavy (non-hydrogen) atoms. The minimum absolute atomic E-state index is 0. The summed E-state index contributed by atoms with van der Waals surface area (Å²) in [6.45, 7) is 0. The van der Waals surface area contributed by atoms with E-state index in [0.717, 1.165) is 0 Å². The molecule has 0 aromatic heterocycles. The van der Waals surface area contributed by atoms with E-state index in [-0.39, 0.29) is 7.43 Å². The fraction of sp³-hybridized carbons (Fsp3) is 0.294. The van der Waals surface area contributed by atoms with Crippen molar-refractivity contribution in [3.8, 4) is 0 Å². The fourth-order valence-corrected chi connectivity index (χ4v) is 1.95. The van der Waals surface area contributed by atoms with E-state index in [0.29, 0.717) is 0 Å². The molecule has 0 N–H and O–H groups in total. The van der Waals surface area contributed by atoms with E-state index in [1.165, 1.54) is 36.8 Å². The SMILES string of the molecule is C.c1ccc(CCCCc2ccccc2)cc1. The quantitative estimate of drug-likeness (QED) is 0.637. The highest BCUT2D eigenvalue weighted by Gasteiger charge is 1.94. The third-order valence-electron chi connectivity index (χ3n) is 2.87. The second-order valence-electron chi connectivity index (χ2n) is 4.18. The summed E-state index contributed by atoms with van der Waals surface area (Å²) >= 11 is 0. The topological polar surface area (TPSA) is 0 Å². The zero-order chi connectivity index (χ0) is 11.1. The molecule has 90 valence electrons. The molecule has 0 saturated carbocycles. The largest absolute Gasteiger partial charge is 0.0776 e. The van der Waals surface area contributed by atoms with Crippen LogP contribution in [0, 0.1) is 0 Å². The van der Waals surface area contributed by atoms with Crippen molar-refractivity contribution < 1.29 is 0 Å². The second kappa shape index (κ2) is 7.67. The predicted octanol–water partition coefficient (Wildman–Crippen LogP) is 4.89. The molecule has 0 fully saturated rings. The third-order valence-corrected chi connectivity index (χ3v) is 2.87. The Morgan fingerprint density at radius 3 is 1.24 bits per heavy atom. The number of unbranched alkanes of at least 4 members (excludes halogenated alkanes) is 1. The van der Waals surface area contributed by atoms with Gasteiger partial charge in [-0.2, -0.15) is 0 Å². The Labute approximate surface area is 105 Å². The average molecular weight is 226 g/mol. The summed E-state index contributed by atoms with van der Waals surface area (Å²) < 4.78 is 0. The normalized spacial score (nSPS) is 9.65. The Balaban J connectivity index is 0.00000144. The molecule has 2 aromatic rings. The Bertz CT molecular complexity index is 347. The third kappa shape index (κ3) is 4.86. The molecule has 0 aliphatic heterocycles. The molecule has 0 heteroatoms. The van der Waals surface area contributed by atoms with Gasteiger partial charge in [-0.15, -0.1) is 0 Å². The molecular formula is C17H22. The van der Waals surface area contributed by atoms with Gasteiger partial charge in [0.2, 0.25) is 0 Å². The molecule has 0 radical (unpaired) electrons. The van der Waals surface area contributed by atoms with Crippen LogP contribution in [-0.4, -0.2) is 0 Å². The van der Waals surface area contributed by atoms with Crippen LogP contribution in [0.3, 0.4) is 0 Å². The first-order chi connectivity index (χ1) is 7.95. The van der Waals surface area contributed by atoms with Gasteiger partial charge in [0.25, 0.3) is 0 Å². The first-order valence-corrected chi connectivity index (χ1v) is 6.03. The van der Waals surface area contributed by atoms with Crippen LogP contribution in [0.5, 0.6) is 0 Å². The van der Waals surface area contributed by atoms with Crippen molar-refractivity contribution in [2.24, 2.45) is 0 Å². The zero-order valence-electron chi connectivity index (χ0n) is 9.60. The van der Waals surface area contributed by atoms with Crippen molar-refractivity contribution >= 4 is 0 Å². The van der Waals surface area contributed by atoms with Crippen molar-refractivity contribution in [1.29, 1.82) is 0 Å². The highest BCUT2D eigenvalue weighted by molar-refractivity contribution is 5.16. The van der Waals surface area contributed by atoms with Crippen LogP contribution in [0.15, 0.2) is 60.7 Å². The van der Waals surface area contributed by atoms with Gasteiger partial charge in [-0.05, 0) is 36.8 Å². The van der Waals surface area contributed by atoms with Crippen molar-refractivity contribution in [2.75, 3.05) is 0 Å². The first kappa shape index (κ1) is 13.5. The summed E-state index contributed by atoms with van der Waals surface area (Å²) in [5, 5.41) is 0. The van der Waals surface area contributed by atoms with Gasteiger partial charge < -0.3 is 0 Å². The van der Waals surface area contributed by atoms with E-state index in [4.69, 9.17) is 0 Å². The Kier molecular flexibility index (Phi) is 6.09. The lowest BCUT2D eigenvalue weighted by molar-refractivity contribution is 0.734. The maximum Gasteiger partial charge on any atom is -0.0279 e. The van der Waals surface area contributed by atoms with E-state index in [1.54, 1.807) is 0 Å². The second-order valence-corrected chi connectivity index (χ2v) is 4.18. The van der Waals surface area contributed by atoms with Gasteiger partial charge in [0.15, 0.2) is 0 Å². The molecular weight excluding hydrogens is 204 g/mol. The zero-order valence-corrected chi connectivity index (χ0v) is 9.60. The molecule has 0 nitrogen and oxygen atoms in total. The van der Waals surface area contributed by atoms with Gasteiger partial charge in [-0.1, -0.05) is 68.1 Å². The van der Waals surface area contributed by atoms with Gasteiger partial charge in [-0.25, -0.2) is 0 Å². The number of benzene rings is 2. The van der Waals surface area contributed by atoms with Gasteiger partial charge in [0.1, 0.15) is 0 Å². The van der Waals surface area contributed by atoms with Crippen molar-refractivity contribution in [3.63, 3.8) is 0 Å². The highest BCUT2D eigenvalue weighted by atomic mass is 14.0. The Morgan fingerprint density at radius 1 is 0.529 bits per heavy atom. The fourth-order valence-electron chi connectivity index (χ4n) is 1.95. The lowest BCUT2D eigenvalue weighted by atomic mass is 10.0. The maximum atomic E-state index is 2.21. The molecule has 0 unspecified atom stereocenters. The maximum absolute atomic E-state index is 2.21. The molecule has 0 heterocycles. The Morgan fingerprint density at radius 2 is 0.882 bits per heavy atom. The minimum atomic E-state index is 0. The summed E-state index contributed by atoms with van der Waals surface area (Å²) in [4.78, 5) is 0. The van der Waals surface area contributed by atoms with E-state index < -0.39 is 0 Å². The van der Waals surface area contributed by atoms with Gasteiger partial charge >= 0.3 is 0 Å². The van der Waals surface area contributed by atoms with E-state index in [9.17, 15) is 0 Å². The molecule has 0 aliphatic carbocycles. The van der Waals surface area contributed by atoms with Crippen LogP contribution in [0.25, 0.3) is 0 Å². The van der Waals surface area contributed by atoms with Gasteiger partial charge in [-0.3, -0.25) is 0 Å². The first-order valence-electron chi connectivity index (χ1n) is 6.03. The summed E-state index contributed by atoms with van der Waals surface area (Å²) in [7, 11) is 0. The van der Waals surface area contributed by atoms with E-state index in [1.807, 2.05) is 0 Å². The minimum Gasteiger partial charge on any atom is -0.0776 e. The van der Waals surface area contributed by atoms with Crippen LogP contribution in [0.4, 0.5) is 0 Å². The van der Waals surface area contributed by atoms with Gasteiger partial charge in [0, 0.05) is 0 Å². The molecule has 2 aromatic carbocycles. The molecule has 0 atom stereocenters. The molecule has 0 amide bonds. The van der Waals surface area contributed by atoms with Crippen LogP contribution in [0.1, 0.15) is 31.4 Å². The highest BCUT2D eigenvalue weighted by Crippen LogP contribution is 2.08. The molecule has 0 aliphatic rings.